The van der Waals surface area contributed by atoms with Crippen molar-refractivity contribution in [3.8, 4) is 0 Å². The summed E-state index contributed by atoms with van der Waals surface area (Å²) in [5, 5.41) is 19.7. The zero-order chi connectivity index (χ0) is 20.6. The number of alkyl halides is 2. The van der Waals surface area contributed by atoms with E-state index in [-0.39, 0.29) is 11.1 Å². The molecule has 0 bridgehead atoms. The molecule has 0 aromatic heterocycles. The van der Waals surface area contributed by atoms with Gasteiger partial charge < -0.3 is 10.2 Å². The van der Waals surface area contributed by atoms with Gasteiger partial charge in [0.25, 0.3) is 0 Å². The second-order valence-electron chi connectivity index (χ2n) is 6.00. The zero-order valence-electron chi connectivity index (χ0n) is 14.4. The Morgan fingerprint density at radius 2 is 1.04 bits per heavy atom. The summed E-state index contributed by atoms with van der Waals surface area (Å²) in [6.07, 6.45) is 0. The second kappa shape index (κ2) is 7.27. The number of aryl methyl sites for hydroxylation is 2. The van der Waals surface area contributed by atoms with E-state index in [9.17, 15) is 35.8 Å². The summed E-state index contributed by atoms with van der Waals surface area (Å²) in [6.45, 7) is 2.66. The average Bonchev–Trinajstić information content (AvgIpc) is 2.60. The van der Waals surface area contributed by atoms with Gasteiger partial charge in [-0.05, 0) is 37.1 Å². The van der Waals surface area contributed by atoms with Crippen LogP contribution < -0.4 is 0 Å². The highest BCUT2D eigenvalue weighted by molar-refractivity contribution is 7.93. The van der Waals surface area contributed by atoms with E-state index in [1.165, 1.54) is 50.2 Å². The fraction of sp³-hybridized carbons (Fsp3) is 0.294. The minimum absolute atomic E-state index is 0.0867. The zero-order valence-corrected chi connectivity index (χ0v) is 16.0. The van der Waals surface area contributed by atoms with E-state index in [4.69, 9.17) is 0 Å². The molecule has 0 aliphatic rings. The third-order valence-electron chi connectivity index (χ3n) is 4.05. The lowest BCUT2D eigenvalue weighted by Crippen LogP contribution is -2.51. The van der Waals surface area contributed by atoms with E-state index >= 15 is 0 Å². The van der Waals surface area contributed by atoms with E-state index in [1.807, 2.05) is 0 Å². The summed E-state index contributed by atoms with van der Waals surface area (Å²) >= 11 is 0. The number of aliphatic hydroxyl groups excluding tert-OH is 2. The fourth-order valence-electron chi connectivity index (χ4n) is 2.53. The van der Waals surface area contributed by atoms with Crippen molar-refractivity contribution in [3.05, 3.63) is 59.7 Å². The van der Waals surface area contributed by atoms with Crippen LogP contribution in [0, 0.1) is 13.8 Å². The van der Waals surface area contributed by atoms with E-state index in [0.717, 1.165) is 12.1 Å². The molecule has 148 valence electrons. The first-order valence-electron chi connectivity index (χ1n) is 7.67. The quantitative estimate of drug-likeness (QED) is 0.738. The van der Waals surface area contributed by atoms with E-state index in [0.29, 0.717) is 0 Å². The van der Waals surface area contributed by atoms with Crippen LogP contribution in [0.4, 0.5) is 8.78 Å². The molecule has 0 radical (unpaired) electrons. The Hall–Kier alpha value is -1.88. The molecule has 0 fully saturated rings. The Kier molecular flexibility index (Phi) is 5.77. The highest BCUT2D eigenvalue weighted by Gasteiger charge is 2.58. The summed E-state index contributed by atoms with van der Waals surface area (Å²) in [5.41, 5.74) is -6.74. The largest absolute Gasteiger partial charge is 0.372 e. The van der Waals surface area contributed by atoms with Gasteiger partial charge in [-0.3, -0.25) is 0 Å². The van der Waals surface area contributed by atoms with Crippen molar-refractivity contribution in [2.45, 2.75) is 40.4 Å². The van der Waals surface area contributed by atoms with Crippen LogP contribution in [-0.4, -0.2) is 43.8 Å². The molecule has 0 amide bonds. The average molecular weight is 420 g/mol. The number of aliphatic hydroxyl groups is 2. The molecular formula is C17H18F2O6S2. The first-order chi connectivity index (χ1) is 12.3. The molecule has 0 aliphatic heterocycles. The Balaban J connectivity index is 2.51. The van der Waals surface area contributed by atoms with Crippen LogP contribution in [0.1, 0.15) is 11.1 Å². The number of sulfone groups is 2. The van der Waals surface area contributed by atoms with Crippen LogP contribution in [0.2, 0.25) is 0 Å². The molecule has 2 N–H and O–H groups in total. The van der Waals surface area contributed by atoms with E-state index in [1.54, 1.807) is 0 Å². The molecule has 2 unspecified atom stereocenters. The minimum atomic E-state index is -5.04. The smallest absolute Gasteiger partial charge is 0.327 e. The maximum atomic E-state index is 14.6. The van der Waals surface area contributed by atoms with Crippen LogP contribution in [0.5, 0.6) is 0 Å². The Labute approximate surface area is 155 Å². The molecule has 0 heterocycles. The summed E-state index contributed by atoms with van der Waals surface area (Å²) < 4.78 is 78.8. The molecule has 27 heavy (non-hydrogen) atoms. The molecule has 0 saturated carbocycles. The third-order valence-corrected chi connectivity index (χ3v) is 7.99. The molecule has 10 heteroatoms. The van der Waals surface area contributed by atoms with Gasteiger partial charge in [0.2, 0.25) is 30.5 Å². The van der Waals surface area contributed by atoms with Crippen molar-refractivity contribution in [1.29, 1.82) is 0 Å². The third kappa shape index (κ3) is 3.75. The number of halogens is 2. The first-order valence-corrected chi connectivity index (χ1v) is 10.8. The number of rotatable bonds is 6. The van der Waals surface area contributed by atoms with Crippen LogP contribution in [-0.2, 0) is 19.7 Å². The van der Waals surface area contributed by atoms with Gasteiger partial charge in [0, 0.05) is 0 Å². The highest BCUT2D eigenvalue weighted by Crippen LogP contribution is 2.36. The van der Waals surface area contributed by atoms with Crippen LogP contribution in [0.15, 0.2) is 58.3 Å². The van der Waals surface area contributed by atoms with Crippen molar-refractivity contribution in [1.82, 2.24) is 0 Å². The van der Waals surface area contributed by atoms with Gasteiger partial charge in [0.05, 0.1) is 9.79 Å². The molecule has 0 saturated heterocycles. The van der Waals surface area contributed by atoms with Crippen LogP contribution in [0.25, 0.3) is 0 Å². The van der Waals surface area contributed by atoms with Crippen molar-refractivity contribution in [3.63, 3.8) is 0 Å². The molecule has 6 nitrogen and oxygen atoms in total. The molecular weight excluding hydrogens is 402 g/mol. The Morgan fingerprint density at radius 3 is 1.33 bits per heavy atom. The second-order valence-corrected chi connectivity index (χ2v) is 9.95. The SMILES string of the molecule is Cc1ccccc1S(=O)(=O)C(O)C(F)(F)C(O)S(=O)(=O)c1ccccc1C. The van der Waals surface area contributed by atoms with E-state index < -0.39 is 46.3 Å². The van der Waals surface area contributed by atoms with Crippen molar-refractivity contribution >= 4 is 19.7 Å². The molecule has 2 atom stereocenters. The monoisotopic (exact) mass is 420 g/mol. The summed E-state index contributed by atoms with van der Waals surface area (Å²) in [7, 11) is -10.1. The van der Waals surface area contributed by atoms with Crippen molar-refractivity contribution in [2.75, 3.05) is 0 Å². The molecule has 0 aliphatic carbocycles. The normalized spacial score (nSPS) is 15.3. The Bertz CT molecular complexity index is 965. The van der Waals surface area contributed by atoms with Crippen LogP contribution in [0.3, 0.4) is 0 Å². The van der Waals surface area contributed by atoms with Crippen molar-refractivity contribution in [2.24, 2.45) is 0 Å². The maximum Gasteiger partial charge on any atom is 0.327 e. The maximum absolute atomic E-state index is 14.6. The topological polar surface area (TPSA) is 109 Å². The summed E-state index contributed by atoms with van der Waals surface area (Å²) in [4.78, 5) is -1.17. The van der Waals surface area contributed by atoms with Gasteiger partial charge in [-0.1, -0.05) is 36.4 Å². The van der Waals surface area contributed by atoms with Crippen molar-refractivity contribution < 1.29 is 35.8 Å². The molecule has 2 aromatic rings. The lowest BCUT2D eigenvalue weighted by Gasteiger charge is -2.27. The van der Waals surface area contributed by atoms with Gasteiger partial charge >= 0.3 is 5.92 Å². The first kappa shape index (κ1) is 21.4. The molecule has 0 spiro atoms. The highest BCUT2D eigenvalue weighted by atomic mass is 32.2. The van der Waals surface area contributed by atoms with Gasteiger partial charge in [0.15, 0.2) is 0 Å². The minimum Gasteiger partial charge on any atom is -0.372 e. The van der Waals surface area contributed by atoms with Crippen LogP contribution >= 0.6 is 0 Å². The lowest BCUT2D eigenvalue weighted by atomic mass is 10.2. The summed E-state index contributed by atoms with van der Waals surface area (Å²) in [5.74, 6) is -4.89. The predicted molar refractivity (Wildman–Crippen MR) is 93.7 cm³/mol. The number of hydrogen-bond donors (Lipinski definition) is 2. The number of benzene rings is 2. The van der Waals surface area contributed by atoms with Gasteiger partial charge in [0.1, 0.15) is 0 Å². The molecule has 2 rings (SSSR count). The molecule has 2 aromatic carbocycles. The van der Waals surface area contributed by atoms with E-state index in [2.05, 4.69) is 0 Å². The standard InChI is InChI=1S/C17H18F2O6S2/c1-11-7-3-5-9-13(11)26(22,23)15(20)17(18,19)16(21)27(24,25)14-10-6-4-8-12(14)2/h3-10,15-16,20-21H,1-2H3. The predicted octanol–water partition coefficient (Wildman–Crippen LogP) is 1.82. The van der Waals surface area contributed by atoms with Gasteiger partial charge in [-0.2, -0.15) is 8.78 Å². The van der Waals surface area contributed by atoms with Gasteiger partial charge in [-0.15, -0.1) is 0 Å². The summed E-state index contributed by atoms with van der Waals surface area (Å²) in [6, 6.07) is 10.2. The Morgan fingerprint density at radius 1 is 0.741 bits per heavy atom. The van der Waals surface area contributed by atoms with Gasteiger partial charge in [-0.25, -0.2) is 16.8 Å². The lowest BCUT2D eigenvalue weighted by molar-refractivity contribution is -0.121. The fourth-order valence-corrected chi connectivity index (χ4v) is 5.75. The number of hydrogen-bond acceptors (Lipinski definition) is 6.